The molecule has 0 bridgehead atoms. The van der Waals surface area contributed by atoms with Crippen LogP contribution < -0.4 is 43.5 Å². The summed E-state index contributed by atoms with van der Waals surface area (Å²) in [5, 5.41) is 52.6. The van der Waals surface area contributed by atoms with E-state index >= 15 is 0 Å². The molecule has 12 N–H and O–H groups in total. The van der Waals surface area contributed by atoms with E-state index in [2.05, 4.69) is 80.1 Å². The summed E-state index contributed by atoms with van der Waals surface area (Å²) < 4.78 is 65.3. The van der Waals surface area contributed by atoms with Gasteiger partial charge < -0.3 is 97.9 Å². The number of anilines is 4. The molecule has 4 aliphatic heterocycles. The fourth-order valence-electron chi connectivity index (χ4n) is 10.9. The van der Waals surface area contributed by atoms with Crippen LogP contribution >= 0.6 is 79.9 Å². The van der Waals surface area contributed by atoms with Crippen molar-refractivity contribution in [3.63, 3.8) is 0 Å². The van der Waals surface area contributed by atoms with E-state index in [1.165, 1.54) is 28.1 Å². The van der Waals surface area contributed by atoms with E-state index < -0.39 is 78.5 Å². The fourth-order valence-corrected chi connectivity index (χ4v) is 12.1. The summed E-state index contributed by atoms with van der Waals surface area (Å²) in [6.07, 6.45) is 1.58. The number of nitrogens with zero attached hydrogens (tertiary/aromatic N) is 12. The van der Waals surface area contributed by atoms with Crippen LogP contribution in [0.2, 0.25) is 0 Å². The first-order valence-corrected chi connectivity index (χ1v) is 37.8. The third-order valence-corrected chi connectivity index (χ3v) is 17.6. The summed E-state index contributed by atoms with van der Waals surface area (Å²) in [4.78, 5) is 120. The number of aromatic nitrogens is 12. The number of methoxy groups -OCH3 is 1. The van der Waals surface area contributed by atoms with Crippen molar-refractivity contribution in [3.05, 3.63) is 90.5 Å². The van der Waals surface area contributed by atoms with Crippen LogP contribution in [0.25, 0.3) is 44.1 Å². The largest absolute Gasteiger partial charge is 0.455 e. The molecule has 8 unspecified atom stereocenters. The van der Waals surface area contributed by atoms with Gasteiger partial charge in [0.25, 0.3) is 22.2 Å². The van der Waals surface area contributed by atoms with Crippen molar-refractivity contribution in [1.82, 2.24) is 58.1 Å². The lowest BCUT2D eigenvalue weighted by Gasteiger charge is -2.16. The van der Waals surface area contributed by atoms with Gasteiger partial charge in [-0.2, -0.15) is 19.9 Å². The van der Waals surface area contributed by atoms with E-state index in [1.54, 1.807) is 110 Å². The quantitative estimate of drug-likeness (QED) is 0.0194. The lowest BCUT2D eigenvalue weighted by atomic mass is 10.2. The number of alkyl halides is 4. The van der Waals surface area contributed by atoms with E-state index in [9.17, 15) is 53.7 Å². The number of nitrogens with one attached hydrogen (secondary N) is 8. The number of carbonyl (C=O) groups is 4. The van der Waals surface area contributed by atoms with Crippen LogP contribution in [0.15, 0.2) is 87.2 Å². The van der Waals surface area contributed by atoms with E-state index in [4.69, 9.17) is 89.4 Å². The summed E-state index contributed by atoms with van der Waals surface area (Å²) in [5.74, 6) is 1.41. The van der Waals surface area contributed by atoms with Gasteiger partial charge in [-0.05, 0) is 24.3 Å². The maximum Gasteiger partial charge on any atom is 0.375 e. The Kier molecular flexibility index (Phi) is 36.9. The third-order valence-electron chi connectivity index (χ3n) is 15.7. The van der Waals surface area contributed by atoms with Gasteiger partial charge in [0, 0.05) is 121 Å². The molecule has 590 valence electrons. The molecule has 48 heteroatoms. The Balaban J connectivity index is 0.000000215. The molecule has 4 fully saturated rings. The molecule has 108 heavy (non-hydrogen) atoms. The summed E-state index contributed by atoms with van der Waals surface area (Å²) in [7, 11) is 15.6. The molecule has 12 rings (SSSR count). The Morgan fingerprint density at radius 2 is 0.741 bits per heavy atom. The molecule has 0 amide bonds. The first-order valence-electron chi connectivity index (χ1n) is 32.3. The second kappa shape index (κ2) is 44.7. The first kappa shape index (κ1) is 89.1. The van der Waals surface area contributed by atoms with Crippen molar-refractivity contribution < 1.29 is 77.5 Å². The average molecular weight is 1670 g/mol. The topological polar surface area (TPSA) is 523 Å². The van der Waals surface area contributed by atoms with Crippen molar-refractivity contribution in [2.24, 2.45) is 19.0 Å². The van der Waals surface area contributed by atoms with Gasteiger partial charge in [-0.15, -0.1) is 46.4 Å². The maximum absolute atomic E-state index is 12.1. The van der Waals surface area contributed by atoms with Crippen molar-refractivity contribution in [2.45, 2.75) is 106 Å². The molecule has 40 nitrogen and oxygen atoms in total. The molecule has 0 spiro atoms. The molecule has 8 aromatic heterocycles. The predicted molar refractivity (Wildman–Crippen MR) is 409 cm³/mol. The Labute approximate surface area is 640 Å². The molecular weight excluding hydrogens is 1590 g/mol. The van der Waals surface area contributed by atoms with Gasteiger partial charge >= 0.3 is 17.1 Å². The number of rotatable bonds is 20. The van der Waals surface area contributed by atoms with Crippen molar-refractivity contribution in [2.75, 3.05) is 122 Å². The molecule has 12 atom stereocenters. The molecule has 8 aromatic rings. The van der Waals surface area contributed by atoms with Crippen molar-refractivity contribution in [3.8, 4) is 0 Å². The van der Waals surface area contributed by atoms with Crippen molar-refractivity contribution >= 4 is 170 Å². The molecule has 12 heterocycles. The lowest BCUT2D eigenvalue weighted by molar-refractivity contribution is -0.109. The van der Waals surface area contributed by atoms with E-state index in [-0.39, 0.29) is 102 Å². The Hall–Kier alpha value is -7.84. The highest BCUT2D eigenvalue weighted by Crippen LogP contribution is 2.36. The molecular formula is C60H82Cl4N20O20P4. The second-order valence-corrected chi connectivity index (χ2v) is 28.0. The number of halogens is 4. The summed E-state index contributed by atoms with van der Waals surface area (Å²) >= 11 is 19.1. The highest BCUT2D eigenvalue weighted by atomic mass is 35.5. The number of fused-ring (bicyclic) bond motifs is 4. The van der Waals surface area contributed by atoms with Crippen LogP contribution in [0.4, 0.5) is 38.2 Å². The van der Waals surface area contributed by atoms with Gasteiger partial charge in [0.15, 0.2) is 28.1 Å². The smallest absolute Gasteiger partial charge is 0.375 e. The third kappa shape index (κ3) is 24.3. The number of hydrogen-bond donors (Lipinski definition) is 12. The molecule has 4 saturated heterocycles. The number of carbonyl (C=O) groups excluding carboxylic acids is 4. The predicted octanol–water partition coefficient (Wildman–Crippen LogP) is 8.13. The minimum absolute atomic E-state index is 0.0615. The number of aliphatic hydroxyl groups excluding tert-OH is 4. The lowest BCUT2D eigenvalue weighted by Crippen LogP contribution is -2.28. The van der Waals surface area contributed by atoms with Gasteiger partial charge in [0.05, 0.1) is 71.6 Å². The Morgan fingerprint density at radius 3 is 0.981 bits per heavy atom. The number of aliphatic hydroxyl groups is 4. The fraction of sp³-hybridized carbons (Fsp3) is 0.533. The summed E-state index contributed by atoms with van der Waals surface area (Å²) in [6.45, 7) is 1.22. The van der Waals surface area contributed by atoms with Gasteiger partial charge in [-0.3, -0.25) is 62.9 Å². The Bertz CT molecular complexity index is 4510. The Morgan fingerprint density at radius 1 is 0.481 bits per heavy atom. The second-order valence-electron chi connectivity index (χ2n) is 22.3. The maximum atomic E-state index is 12.1. The standard InChI is InChI=1S/C15H20N5O5P.2C14H18N5O5P.C12H16N4O4.C3H6NOP.2CH2Cl2/c1-16-14-18-12-8(13(21)19-14)4-5-20(12)11-6-9(23-3)10(25-11)7-24-15(22)26-17-2;2*1-15-13-17-11-7(12(21)18-13)3-4-19(11)10-5-8(20)9(24-10)6-23-14(22)25-16-2;1-13-12-14-10-6(11(19)15-12)2-3-16(10)9-4-7(18)8(5-17)20-9;1-3(5)6-4-2;2*2-1-3/h4-5,9-11H,6-7H2,1-3H3,(H2,16,18,19,21);2*3-4,8-10,20H,5-6H2,1-2H3,(H2,15,17,18,21);2-3,7-9,17-18H,4-5H2,1H3,(H2,13,14,15,19);1-2H3;2*1H2/t9-,10?,11?;2*8-,9?,10?;7-,8?,9?;;;/m1111.../s1. The zero-order valence-electron chi connectivity index (χ0n) is 59.6. The van der Waals surface area contributed by atoms with Gasteiger partial charge in [0.2, 0.25) is 23.8 Å². The van der Waals surface area contributed by atoms with Gasteiger partial charge in [-0.1, -0.05) is 0 Å². The zero-order chi connectivity index (χ0) is 79.3. The number of ether oxygens (including phenoxy) is 8. The van der Waals surface area contributed by atoms with Crippen LogP contribution in [0.5, 0.6) is 0 Å². The number of hydrogen-bond acceptors (Lipinski definition) is 32. The van der Waals surface area contributed by atoms with Crippen LogP contribution in [0.1, 0.15) is 57.5 Å². The first-order chi connectivity index (χ1) is 51.9. The van der Waals surface area contributed by atoms with E-state index in [0.717, 1.165) is 0 Å². The van der Waals surface area contributed by atoms with Crippen LogP contribution in [-0.2, 0) is 42.7 Å². The molecule has 0 radical (unpaired) electrons. The molecule has 0 aromatic carbocycles. The average Bonchev–Trinajstić information content (AvgIpc) is 1.64. The molecule has 0 aliphatic carbocycles. The molecule has 4 aliphatic rings. The SMILES string of the molecule is CN=PC(=O)OCC1OC(n2ccc3c(=O)[nH]c(NC)nc32)C[C@H]1O.CN=PC(=O)OCC1OC(n2ccc3c(=O)[nH]c(NC)nc32)C[C@H]1O.CN=PC(=O)OCC1OC(n2ccc3c(=O)[nH]c(NC)nc32)C[C@H]1OC.CN=PC(C)=O.CNc1nc2c(ccn2C2C[C@@H](O)C(CO)O2)c(=O)[nH]1.ClCCl.ClCCl. The normalized spacial score (nSPS) is 22.1. The van der Waals surface area contributed by atoms with Crippen molar-refractivity contribution in [1.29, 1.82) is 0 Å². The van der Waals surface area contributed by atoms with Gasteiger partial charge in [0.1, 0.15) is 94.3 Å². The van der Waals surface area contributed by atoms with E-state index in [0.29, 0.717) is 102 Å². The summed E-state index contributed by atoms with van der Waals surface area (Å²) in [6, 6.07) is 6.64. The number of aromatic amines is 4. The van der Waals surface area contributed by atoms with Crippen LogP contribution in [0.3, 0.4) is 0 Å². The highest BCUT2D eigenvalue weighted by Gasteiger charge is 2.40. The molecule has 0 saturated carbocycles. The minimum atomic E-state index is -0.795. The monoisotopic (exact) mass is 1670 g/mol. The highest BCUT2D eigenvalue weighted by molar-refractivity contribution is 7.48. The number of H-pyrrole nitrogens is 4. The van der Waals surface area contributed by atoms with E-state index in [1.807, 2.05) is 0 Å². The zero-order valence-corrected chi connectivity index (χ0v) is 66.2. The summed E-state index contributed by atoms with van der Waals surface area (Å²) in [5.41, 5.74) is -0.447. The van der Waals surface area contributed by atoms with Gasteiger partial charge in [-0.25, -0.2) is 14.4 Å². The minimum Gasteiger partial charge on any atom is -0.455 e. The van der Waals surface area contributed by atoms with Crippen LogP contribution in [-0.4, -0.2) is 251 Å². The van der Waals surface area contributed by atoms with Crippen LogP contribution in [0, 0.1) is 0 Å².